The third kappa shape index (κ3) is 2.63. The molecule has 15 heavy (non-hydrogen) atoms. The molecule has 4 nitrogen and oxygen atoms in total. The highest BCUT2D eigenvalue weighted by Gasteiger charge is 2.09. The molecular weight excluding hydrogens is 196 g/mol. The van der Waals surface area contributed by atoms with Gasteiger partial charge in [-0.15, -0.1) is 0 Å². The number of phenolic OH excluding ortho intramolecular Hbond substituents is 1. The van der Waals surface area contributed by atoms with Crippen molar-refractivity contribution in [3.8, 4) is 17.2 Å². The topological polar surface area (TPSA) is 58.9 Å². The van der Waals surface area contributed by atoms with Gasteiger partial charge in [-0.1, -0.05) is 12.2 Å². The summed E-state index contributed by atoms with van der Waals surface area (Å²) in [6, 6.07) is 2.36. The molecular formula is C11H14O4. The van der Waals surface area contributed by atoms with E-state index in [4.69, 9.17) is 13.3 Å². The Hall–Kier alpha value is -1.68. The summed E-state index contributed by atoms with van der Waals surface area (Å²) in [5.41, 5.74) is 0.292. The van der Waals surface area contributed by atoms with Gasteiger partial charge >= 0.3 is 0 Å². The lowest BCUT2D eigenvalue weighted by atomic mass is 10.1. The molecule has 1 rings (SSSR count). The second-order valence-corrected chi connectivity index (χ2v) is 2.65. The smallest absolute Gasteiger partial charge is 0.200 e. The molecule has 0 aliphatic rings. The van der Waals surface area contributed by atoms with Crippen molar-refractivity contribution in [1.29, 1.82) is 0 Å². The zero-order valence-electron chi connectivity index (χ0n) is 13.7. The van der Waals surface area contributed by atoms with Crippen molar-refractivity contribution >= 4 is 6.08 Å². The van der Waals surface area contributed by atoms with Crippen molar-refractivity contribution in [3.63, 3.8) is 0 Å². The predicted molar refractivity (Wildman–Crippen MR) is 57.3 cm³/mol. The number of methoxy groups -OCH3 is 2. The number of aliphatic hydroxyl groups excluding tert-OH is 1. The Bertz CT molecular complexity index is 483. The second-order valence-electron chi connectivity index (χ2n) is 2.65. The van der Waals surface area contributed by atoms with E-state index in [0.717, 1.165) is 0 Å². The third-order valence-electron chi connectivity index (χ3n) is 1.70. The number of aromatic hydroxyl groups is 1. The normalized spacial score (nSPS) is 18.2. The van der Waals surface area contributed by atoms with Crippen LogP contribution in [-0.4, -0.2) is 30.9 Å². The molecule has 0 saturated heterocycles. The number of benzene rings is 1. The standard InChI is InChI=1S/C11H14O4/c1-14-9-6-8(4-3-5-12)7-10(15-2)11(9)13/h3-4,6-7,12-13H,5H2,1-2H3/b4-3+/i1D3,2D3. The highest BCUT2D eigenvalue weighted by atomic mass is 16.5. The van der Waals surface area contributed by atoms with Gasteiger partial charge in [-0.3, -0.25) is 0 Å². The van der Waals surface area contributed by atoms with Gasteiger partial charge in [-0.05, 0) is 17.7 Å². The van der Waals surface area contributed by atoms with E-state index in [1.54, 1.807) is 0 Å². The van der Waals surface area contributed by atoms with E-state index in [1.165, 1.54) is 24.3 Å². The summed E-state index contributed by atoms with van der Waals surface area (Å²) < 4.78 is 51.3. The maximum absolute atomic E-state index is 9.84. The van der Waals surface area contributed by atoms with Crippen molar-refractivity contribution in [3.05, 3.63) is 23.8 Å². The molecule has 0 radical (unpaired) electrons. The van der Waals surface area contributed by atoms with Crippen LogP contribution in [0, 0.1) is 0 Å². The molecule has 0 bridgehead atoms. The molecule has 4 heteroatoms. The first kappa shape index (κ1) is 5.42. The van der Waals surface area contributed by atoms with E-state index < -0.39 is 31.3 Å². The van der Waals surface area contributed by atoms with Crippen LogP contribution in [0.3, 0.4) is 0 Å². The lowest BCUT2D eigenvalue weighted by Crippen LogP contribution is -1.90. The first-order chi connectivity index (χ1) is 9.52. The molecule has 0 aromatic heterocycles. The number of hydrogen-bond acceptors (Lipinski definition) is 4. The average molecular weight is 216 g/mol. The van der Waals surface area contributed by atoms with Crippen LogP contribution in [0.5, 0.6) is 17.2 Å². The summed E-state index contributed by atoms with van der Waals surface area (Å²) in [5.74, 6) is -1.63. The maximum Gasteiger partial charge on any atom is 0.200 e. The molecule has 0 aliphatic heterocycles. The fourth-order valence-corrected chi connectivity index (χ4v) is 1.04. The Morgan fingerprint density at radius 2 is 1.93 bits per heavy atom. The minimum absolute atomic E-state index is 0.272. The van der Waals surface area contributed by atoms with Crippen LogP contribution in [0.2, 0.25) is 0 Å². The molecule has 82 valence electrons. The fourth-order valence-electron chi connectivity index (χ4n) is 1.04. The van der Waals surface area contributed by atoms with Crippen LogP contribution < -0.4 is 9.47 Å². The molecule has 0 fully saturated rings. The lowest BCUT2D eigenvalue weighted by Gasteiger charge is -2.09. The van der Waals surface area contributed by atoms with Crippen LogP contribution >= 0.6 is 0 Å². The SMILES string of the molecule is [2H]C([2H])([2H])Oc1cc(/C=C/CO)cc(OC([2H])([2H])[2H])c1O. The summed E-state index contributed by atoms with van der Waals surface area (Å²) in [6.07, 6.45) is 2.73. The van der Waals surface area contributed by atoms with Gasteiger partial charge in [0.25, 0.3) is 0 Å². The van der Waals surface area contributed by atoms with E-state index in [-0.39, 0.29) is 6.61 Å². The second kappa shape index (κ2) is 5.26. The largest absolute Gasteiger partial charge is 0.502 e. The zero-order chi connectivity index (χ0) is 16.3. The van der Waals surface area contributed by atoms with E-state index in [1.807, 2.05) is 0 Å². The van der Waals surface area contributed by atoms with Gasteiger partial charge in [0.15, 0.2) is 11.5 Å². The monoisotopic (exact) mass is 216 g/mol. The van der Waals surface area contributed by atoms with Crippen molar-refractivity contribution in [2.24, 2.45) is 0 Å². The minimum atomic E-state index is -2.83. The van der Waals surface area contributed by atoms with Crippen LogP contribution in [-0.2, 0) is 0 Å². The van der Waals surface area contributed by atoms with Crippen molar-refractivity contribution in [1.82, 2.24) is 0 Å². The number of hydrogen-bond donors (Lipinski definition) is 2. The van der Waals surface area contributed by atoms with Gasteiger partial charge in [-0.2, -0.15) is 0 Å². The van der Waals surface area contributed by atoms with E-state index in [0.29, 0.717) is 5.56 Å². The molecule has 0 aliphatic carbocycles. The predicted octanol–water partition coefficient (Wildman–Crippen LogP) is 1.41. The number of ether oxygens (including phenoxy) is 2. The van der Waals surface area contributed by atoms with E-state index >= 15 is 0 Å². The third-order valence-corrected chi connectivity index (χ3v) is 1.70. The Kier molecular flexibility index (Phi) is 1.90. The van der Waals surface area contributed by atoms with Gasteiger partial charge in [0.1, 0.15) is 0 Å². The van der Waals surface area contributed by atoms with Crippen LogP contribution in [0.1, 0.15) is 13.8 Å². The van der Waals surface area contributed by atoms with E-state index in [2.05, 4.69) is 9.47 Å². The summed E-state index contributed by atoms with van der Waals surface area (Å²) in [4.78, 5) is 0. The minimum Gasteiger partial charge on any atom is -0.502 e. The van der Waals surface area contributed by atoms with Crippen molar-refractivity contribution in [2.45, 2.75) is 0 Å². The maximum atomic E-state index is 9.84. The Labute approximate surface area is 96.8 Å². The van der Waals surface area contributed by atoms with Gasteiger partial charge < -0.3 is 19.7 Å². The first-order valence-electron chi connectivity index (χ1n) is 7.04. The quantitative estimate of drug-likeness (QED) is 0.799. The van der Waals surface area contributed by atoms with E-state index in [9.17, 15) is 5.11 Å². The van der Waals surface area contributed by atoms with Gasteiger partial charge in [-0.25, -0.2) is 0 Å². The van der Waals surface area contributed by atoms with Gasteiger partial charge in [0.2, 0.25) is 5.75 Å². The molecule has 0 heterocycles. The number of phenols is 1. The molecule has 1 aromatic carbocycles. The Morgan fingerprint density at radius 3 is 2.40 bits per heavy atom. The summed E-state index contributed by atoms with van der Waals surface area (Å²) in [5, 5.41) is 18.6. The molecule has 0 atom stereocenters. The fraction of sp³-hybridized carbons (Fsp3) is 0.273. The molecule has 0 saturated carbocycles. The summed E-state index contributed by atoms with van der Waals surface area (Å²) in [7, 11) is -5.65. The first-order valence-corrected chi connectivity index (χ1v) is 4.04. The molecule has 0 amide bonds. The molecule has 1 aromatic rings. The number of aliphatic hydroxyl groups is 1. The Morgan fingerprint density at radius 1 is 1.33 bits per heavy atom. The van der Waals surface area contributed by atoms with Crippen LogP contribution in [0.15, 0.2) is 18.2 Å². The summed E-state index contributed by atoms with van der Waals surface area (Å²) in [6.45, 7) is -0.272. The van der Waals surface area contributed by atoms with Gasteiger partial charge in [0, 0.05) is 0 Å². The summed E-state index contributed by atoms with van der Waals surface area (Å²) >= 11 is 0. The molecule has 2 N–H and O–H groups in total. The molecule has 0 spiro atoms. The van der Waals surface area contributed by atoms with Crippen LogP contribution in [0.4, 0.5) is 0 Å². The Balaban J connectivity index is 3.28. The lowest BCUT2D eigenvalue weighted by molar-refractivity contribution is 0.339. The highest BCUT2D eigenvalue weighted by molar-refractivity contribution is 5.61. The van der Waals surface area contributed by atoms with Crippen molar-refractivity contribution in [2.75, 3.05) is 20.7 Å². The van der Waals surface area contributed by atoms with Crippen LogP contribution in [0.25, 0.3) is 6.08 Å². The van der Waals surface area contributed by atoms with Gasteiger partial charge in [0.05, 0.1) is 28.9 Å². The van der Waals surface area contributed by atoms with Crippen molar-refractivity contribution < 1.29 is 27.9 Å². The average Bonchev–Trinajstić information content (AvgIpc) is 2.28. The highest BCUT2D eigenvalue weighted by Crippen LogP contribution is 2.37. The zero-order valence-corrected chi connectivity index (χ0v) is 7.73. The number of rotatable bonds is 4. The molecule has 0 unspecified atom stereocenters.